The molecule has 0 bridgehead atoms. The average molecular weight is 513 g/mol. The van der Waals surface area contributed by atoms with E-state index in [1.807, 2.05) is 92.6 Å². The van der Waals surface area contributed by atoms with Crippen molar-refractivity contribution in [2.75, 3.05) is 26.1 Å². The number of hydrogen-bond acceptors (Lipinski definition) is 5. The van der Waals surface area contributed by atoms with E-state index in [1.165, 1.54) is 4.90 Å². The Morgan fingerprint density at radius 3 is 2.26 bits per heavy atom. The van der Waals surface area contributed by atoms with Crippen LogP contribution in [0.1, 0.15) is 54.6 Å². The second-order valence-corrected chi connectivity index (χ2v) is 11.0. The van der Waals surface area contributed by atoms with Gasteiger partial charge in [-0.2, -0.15) is 0 Å². The van der Waals surface area contributed by atoms with Crippen molar-refractivity contribution >= 4 is 23.1 Å². The lowest BCUT2D eigenvalue weighted by molar-refractivity contribution is -0.140. The van der Waals surface area contributed by atoms with Crippen molar-refractivity contribution in [1.82, 2.24) is 4.90 Å². The molecule has 1 saturated heterocycles. The molecular formula is C32H36N2O4. The number of amides is 1. The summed E-state index contributed by atoms with van der Waals surface area (Å²) in [6.07, 6.45) is 0. The number of anilines is 1. The highest BCUT2D eigenvalue weighted by Crippen LogP contribution is 2.42. The summed E-state index contributed by atoms with van der Waals surface area (Å²) in [4.78, 5) is 30.6. The topological polar surface area (TPSA) is 70.1 Å². The Morgan fingerprint density at radius 1 is 1.00 bits per heavy atom. The molecule has 6 heteroatoms. The first kappa shape index (κ1) is 27.0. The van der Waals surface area contributed by atoms with Crippen LogP contribution in [0.15, 0.2) is 72.3 Å². The minimum absolute atomic E-state index is 0.0941. The predicted octanol–water partition coefficient (Wildman–Crippen LogP) is 5.99. The van der Waals surface area contributed by atoms with Crippen LogP contribution >= 0.6 is 0 Å². The van der Waals surface area contributed by atoms with Gasteiger partial charge in [-0.25, -0.2) is 0 Å². The number of carbonyl (C=O) groups is 2. The fraction of sp³-hybridized carbons (Fsp3) is 0.312. The summed E-state index contributed by atoms with van der Waals surface area (Å²) in [5.74, 6) is -0.871. The molecule has 0 aliphatic carbocycles. The first-order chi connectivity index (χ1) is 17.9. The maximum Gasteiger partial charge on any atom is 0.295 e. The zero-order valence-electron chi connectivity index (χ0n) is 23.2. The molecule has 1 atom stereocenters. The summed E-state index contributed by atoms with van der Waals surface area (Å²) in [7, 11) is 5.48. The van der Waals surface area contributed by atoms with Crippen molar-refractivity contribution in [3.63, 3.8) is 0 Å². The number of rotatable bonds is 6. The monoisotopic (exact) mass is 512 g/mol. The summed E-state index contributed by atoms with van der Waals surface area (Å²) in [6.45, 7) is 8.35. The molecule has 1 unspecified atom stereocenters. The zero-order valence-corrected chi connectivity index (χ0v) is 23.2. The lowest BCUT2D eigenvalue weighted by atomic mass is 9.84. The van der Waals surface area contributed by atoms with Crippen molar-refractivity contribution in [3.05, 3.63) is 100 Å². The number of ketones is 1. The van der Waals surface area contributed by atoms with E-state index in [2.05, 4.69) is 20.8 Å². The smallest absolute Gasteiger partial charge is 0.295 e. The van der Waals surface area contributed by atoms with E-state index in [1.54, 1.807) is 7.11 Å². The molecule has 1 heterocycles. The number of ether oxygens (including phenoxy) is 1. The Bertz CT molecular complexity index is 1400. The second-order valence-electron chi connectivity index (χ2n) is 11.0. The van der Waals surface area contributed by atoms with Crippen molar-refractivity contribution in [2.45, 2.75) is 45.7 Å². The van der Waals surface area contributed by atoms with Gasteiger partial charge in [0.05, 0.1) is 25.3 Å². The van der Waals surface area contributed by atoms with E-state index in [-0.39, 0.29) is 23.3 Å². The van der Waals surface area contributed by atoms with Crippen LogP contribution in [0.5, 0.6) is 5.75 Å². The maximum atomic E-state index is 13.6. The molecule has 4 rings (SSSR count). The van der Waals surface area contributed by atoms with E-state index in [9.17, 15) is 14.7 Å². The number of methoxy groups -OCH3 is 1. The van der Waals surface area contributed by atoms with Crippen LogP contribution in [0.25, 0.3) is 5.76 Å². The van der Waals surface area contributed by atoms with Gasteiger partial charge in [-0.3, -0.25) is 9.59 Å². The van der Waals surface area contributed by atoms with Crippen LogP contribution in [0, 0.1) is 6.92 Å². The van der Waals surface area contributed by atoms with Crippen LogP contribution in [0.2, 0.25) is 0 Å². The number of para-hydroxylation sites is 1. The van der Waals surface area contributed by atoms with Crippen LogP contribution in [-0.2, 0) is 21.5 Å². The number of hydrogen-bond donors (Lipinski definition) is 1. The quantitative estimate of drug-likeness (QED) is 0.250. The molecule has 0 saturated carbocycles. The van der Waals surface area contributed by atoms with Gasteiger partial charge in [0.2, 0.25) is 0 Å². The van der Waals surface area contributed by atoms with E-state index in [4.69, 9.17) is 4.74 Å². The fourth-order valence-electron chi connectivity index (χ4n) is 4.85. The third kappa shape index (κ3) is 5.03. The van der Waals surface area contributed by atoms with Gasteiger partial charge in [0, 0.05) is 30.9 Å². The summed E-state index contributed by atoms with van der Waals surface area (Å²) in [6, 6.07) is 20.3. The molecule has 1 aliphatic heterocycles. The minimum Gasteiger partial charge on any atom is -0.507 e. The maximum absolute atomic E-state index is 13.6. The molecule has 3 aromatic rings. The lowest BCUT2D eigenvalue weighted by Crippen LogP contribution is -2.29. The number of aliphatic hydroxyl groups excluding tert-OH is 1. The Kier molecular flexibility index (Phi) is 7.36. The highest BCUT2D eigenvalue weighted by atomic mass is 16.5. The molecular weight excluding hydrogens is 476 g/mol. The van der Waals surface area contributed by atoms with Crippen molar-refractivity contribution in [1.29, 1.82) is 0 Å². The van der Waals surface area contributed by atoms with Crippen molar-refractivity contribution in [2.24, 2.45) is 0 Å². The van der Waals surface area contributed by atoms with Crippen LogP contribution in [0.4, 0.5) is 5.69 Å². The van der Waals surface area contributed by atoms with Gasteiger partial charge in [0.25, 0.3) is 11.7 Å². The minimum atomic E-state index is -0.756. The van der Waals surface area contributed by atoms with Gasteiger partial charge in [0.15, 0.2) is 0 Å². The average Bonchev–Trinajstić information content (AvgIpc) is 3.13. The molecule has 0 aromatic heterocycles. The summed E-state index contributed by atoms with van der Waals surface area (Å²) < 4.78 is 5.52. The normalized spacial score (nSPS) is 17.1. The number of benzene rings is 3. The van der Waals surface area contributed by atoms with Gasteiger partial charge in [-0.05, 0) is 53.3 Å². The molecule has 1 fully saturated rings. The highest BCUT2D eigenvalue weighted by molar-refractivity contribution is 6.46. The lowest BCUT2D eigenvalue weighted by Gasteiger charge is -2.27. The van der Waals surface area contributed by atoms with Gasteiger partial charge in [-0.1, -0.05) is 63.2 Å². The van der Waals surface area contributed by atoms with Crippen LogP contribution in [-0.4, -0.2) is 42.9 Å². The van der Waals surface area contributed by atoms with E-state index in [0.29, 0.717) is 11.3 Å². The number of Topliss-reactive ketones (excluding diaryl/α,β-unsaturated/α-hetero) is 1. The third-order valence-corrected chi connectivity index (χ3v) is 7.16. The second kappa shape index (κ2) is 10.4. The molecule has 1 amide bonds. The largest absolute Gasteiger partial charge is 0.507 e. The van der Waals surface area contributed by atoms with Gasteiger partial charge in [0.1, 0.15) is 11.5 Å². The van der Waals surface area contributed by atoms with Crippen molar-refractivity contribution in [3.8, 4) is 5.75 Å². The molecule has 38 heavy (non-hydrogen) atoms. The molecule has 198 valence electrons. The van der Waals surface area contributed by atoms with E-state index >= 15 is 0 Å². The Balaban J connectivity index is 1.92. The zero-order chi connectivity index (χ0) is 27.8. The molecule has 1 N–H and O–H groups in total. The van der Waals surface area contributed by atoms with E-state index < -0.39 is 17.7 Å². The van der Waals surface area contributed by atoms with Crippen LogP contribution in [0.3, 0.4) is 0 Å². The number of aryl methyl sites for hydroxylation is 1. The fourth-order valence-corrected chi connectivity index (χ4v) is 4.85. The number of aliphatic hydroxyl groups is 1. The van der Waals surface area contributed by atoms with Gasteiger partial charge in [-0.15, -0.1) is 0 Å². The first-order valence-corrected chi connectivity index (χ1v) is 12.7. The van der Waals surface area contributed by atoms with E-state index in [0.717, 1.165) is 27.9 Å². The summed E-state index contributed by atoms with van der Waals surface area (Å²) in [5.41, 5.74) is 4.87. The number of likely N-dealkylation sites (tertiary alicyclic amines) is 1. The molecule has 6 nitrogen and oxygen atoms in total. The molecule has 1 aliphatic rings. The third-order valence-electron chi connectivity index (χ3n) is 7.16. The first-order valence-electron chi connectivity index (χ1n) is 12.7. The predicted molar refractivity (Wildman–Crippen MR) is 151 cm³/mol. The number of nitrogens with zero attached hydrogens (tertiary/aromatic N) is 2. The summed E-state index contributed by atoms with van der Waals surface area (Å²) >= 11 is 0. The summed E-state index contributed by atoms with van der Waals surface area (Å²) in [5, 5.41) is 11.7. The Morgan fingerprint density at radius 2 is 1.66 bits per heavy atom. The molecule has 3 aromatic carbocycles. The standard InChI is InChI=1S/C32H36N2O4/c1-20-12-15-23(32(2,3)4)18-25(20)29(35)27-28(21-13-16-24(17-14-21)33(5)6)34(31(37)30(27)36)19-22-10-8-9-11-26(22)38-7/h8-18,28,35H,19H2,1-7H3/b29-27+. The Labute approximate surface area is 225 Å². The van der Waals surface area contributed by atoms with Gasteiger partial charge >= 0.3 is 0 Å². The highest BCUT2D eigenvalue weighted by Gasteiger charge is 2.46. The number of carbonyl (C=O) groups excluding carboxylic acids is 2. The van der Waals surface area contributed by atoms with Gasteiger partial charge < -0.3 is 19.6 Å². The van der Waals surface area contributed by atoms with Crippen LogP contribution < -0.4 is 9.64 Å². The van der Waals surface area contributed by atoms with Crippen molar-refractivity contribution < 1.29 is 19.4 Å². The Hall–Kier alpha value is -4.06. The molecule has 0 radical (unpaired) electrons. The molecule has 0 spiro atoms. The SMILES string of the molecule is COc1ccccc1CN1C(=O)C(=O)/C(=C(/O)c2cc(C(C)(C)C)ccc2C)C1c1ccc(N(C)C)cc1.